The summed E-state index contributed by atoms with van der Waals surface area (Å²) in [4.78, 5) is 12.5. The third-order valence-corrected chi connectivity index (χ3v) is 4.77. The second-order valence-electron chi connectivity index (χ2n) is 6.71. The summed E-state index contributed by atoms with van der Waals surface area (Å²) < 4.78 is 12.8. The van der Waals surface area contributed by atoms with Gasteiger partial charge in [0, 0.05) is 10.9 Å². The molecule has 0 amide bonds. The number of ether oxygens (including phenoxy) is 1. The van der Waals surface area contributed by atoms with Gasteiger partial charge in [0.25, 0.3) is 0 Å². The van der Waals surface area contributed by atoms with E-state index in [4.69, 9.17) is 9.15 Å². The summed E-state index contributed by atoms with van der Waals surface area (Å²) in [5, 5.41) is 15.3. The number of carbonyl (C=O) groups is 1. The summed E-state index contributed by atoms with van der Waals surface area (Å²) in [7, 11) is 0. The molecule has 6 heteroatoms. The minimum Gasteiger partial charge on any atom is -0.461 e. The lowest BCUT2D eigenvalue weighted by Crippen LogP contribution is -2.08. The van der Waals surface area contributed by atoms with Crippen LogP contribution >= 0.6 is 0 Å². The minimum atomic E-state index is -0.635. The highest BCUT2D eigenvalue weighted by molar-refractivity contribution is 5.95. The Morgan fingerprint density at radius 1 is 1.21 bits per heavy atom. The molecule has 0 fully saturated rings. The van der Waals surface area contributed by atoms with Crippen molar-refractivity contribution in [1.29, 1.82) is 5.26 Å². The topological polar surface area (TPSA) is 81.0 Å². The van der Waals surface area contributed by atoms with E-state index in [-0.39, 0.29) is 17.9 Å². The van der Waals surface area contributed by atoms with Crippen molar-refractivity contribution in [2.45, 2.75) is 20.8 Å². The molecule has 4 aromatic rings. The molecule has 0 aliphatic carbocycles. The summed E-state index contributed by atoms with van der Waals surface area (Å²) in [6, 6.07) is 17.4. The van der Waals surface area contributed by atoms with Gasteiger partial charge in [0.1, 0.15) is 22.9 Å². The zero-order chi connectivity index (χ0) is 20.5. The number of aromatic nitrogens is 2. The lowest BCUT2D eigenvalue weighted by atomic mass is 10.1. The molecule has 0 N–H and O–H groups in total. The van der Waals surface area contributed by atoms with Crippen molar-refractivity contribution in [1.82, 2.24) is 9.78 Å². The van der Waals surface area contributed by atoms with E-state index in [2.05, 4.69) is 11.2 Å². The van der Waals surface area contributed by atoms with E-state index < -0.39 is 5.97 Å². The predicted octanol–water partition coefficient (Wildman–Crippen LogP) is 4.95. The number of fused-ring (bicyclic) bond motifs is 1. The number of nitriles is 1. The molecule has 2 heterocycles. The monoisotopic (exact) mass is 385 g/mol. The van der Waals surface area contributed by atoms with Gasteiger partial charge in [-0.15, -0.1) is 0 Å². The maximum atomic E-state index is 12.5. The Bertz CT molecular complexity index is 1260. The number of furan rings is 1. The average Bonchev–Trinajstić information content (AvgIpc) is 3.26. The van der Waals surface area contributed by atoms with Gasteiger partial charge in [-0.3, -0.25) is 0 Å². The first-order valence-corrected chi connectivity index (χ1v) is 9.31. The summed E-state index contributed by atoms with van der Waals surface area (Å²) in [6.07, 6.45) is 0. The van der Waals surface area contributed by atoms with Gasteiger partial charge in [0.2, 0.25) is 0 Å². The van der Waals surface area contributed by atoms with Crippen molar-refractivity contribution in [3.63, 3.8) is 0 Å². The third kappa shape index (κ3) is 3.07. The maximum absolute atomic E-state index is 12.5. The van der Waals surface area contributed by atoms with Crippen molar-refractivity contribution in [3.8, 4) is 23.2 Å². The number of esters is 1. The Labute approximate surface area is 167 Å². The first-order valence-electron chi connectivity index (χ1n) is 9.31. The fraction of sp³-hybridized carbons (Fsp3) is 0.174. The van der Waals surface area contributed by atoms with Crippen molar-refractivity contribution in [2.24, 2.45) is 0 Å². The van der Waals surface area contributed by atoms with Crippen LogP contribution in [0.4, 0.5) is 0 Å². The van der Waals surface area contributed by atoms with E-state index >= 15 is 0 Å². The molecule has 0 saturated carbocycles. The molecule has 2 aromatic heterocycles. The van der Waals surface area contributed by atoms with Gasteiger partial charge in [-0.1, -0.05) is 29.8 Å². The first-order chi connectivity index (χ1) is 14.0. The number of rotatable bonds is 4. The van der Waals surface area contributed by atoms with Gasteiger partial charge in [-0.05, 0) is 45.0 Å². The zero-order valence-electron chi connectivity index (χ0n) is 16.4. The SMILES string of the molecule is CCOC(=O)c1nn(-c2ccccc2)c(-c2oc3ccc(C)cc3c2C)c1C#N. The van der Waals surface area contributed by atoms with Crippen molar-refractivity contribution >= 4 is 16.9 Å². The number of aryl methyl sites for hydroxylation is 2. The normalized spacial score (nSPS) is 10.8. The summed E-state index contributed by atoms with van der Waals surface area (Å²) in [6.45, 7) is 5.86. The second kappa shape index (κ2) is 7.28. The molecule has 144 valence electrons. The quantitative estimate of drug-likeness (QED) is 0.464. The summed E-state index contributed by atoms with van der Waals surface area (Å²) in [5.41, 5.74) is 3.96. The maximum Gasteiger partial charge on any atom is 0.360 e. The number of nitrogens with zero attached hydrogens (tertiary/aromatic N) is 3. The molecule has 4 rings (SSSR count). The van der Waals surface area contributed by atoms with Crippen LogP contribution in [0.25, 0.3) is 28.1 Å². The Kier molecular flexibility index (Phi) is 4.65. The molecule has 0 atom stereocenters. The van der Waals surface area contributed by atoms with Crippen LogP contribution in [0.2, 0.25) is 0 Å². The Morgan fingerprint density at radius 2 is 1.97 bits per heavy atom. The molecule has 0 aliphatic rings. The average molecular weight is 385 g/mol. The fourth-order valence-electron chi connectivity index (χ4n) is 3.39. The summed E-state index contributed by atoms with van der Waals surface area (Å²) in [5.74, 6) is -0.126. The molecule has 0 bridgehead atoms. The lowest BCUT2D eigenvalue weighted by molar-refractivity contribution is 0.0518. The second-order valence-corrected chi connectivity index (χ2v) is 6.71. The van der Waals surface area contributed by atoms with Crippen LogP contribution in [0.15, 0.2) is 52.9 Å². The molecular formula is C23H19N3O3. The van der Waals surface area contributed by atoms with Crippen molar-refractivity contribution < 1.29 is 13.9 Å². The fourth-order valence-corrected chi connectivity index (χ4v) is 3.39. The van der Waals surface area contributed by atoms with Crippen molar-refractivity contribution in [3.05, 3.63) is 70.9 Å². The van der Waals surface area contributed by atoms with Crippen LogP contribution in [0.5, 0.6) is 0 Å². The summed E-state index contributed by atoms with van der Waals surface area (Å²) >= 11 is 0. The highest BCUT2D eigenvalue weighted by Crippen LogP contribution is 2.37. The van der Waals surface area contributed by atoms with E-state index in [1.54, 1.807) is 11.6 Å². The van der Waals surface area contributed by atoms with Gasteiger partial charge in [-0.2, -0.15) is 10.4 Å². The van der Waals surface area contributed by atoms with Crippen LogP contribution in [-0.4, -0.2) is 22.4 Å². The van der Waals surface area contributed by atoms with Gasteiger partial charge in [0.15, 0.2) is 11.5 Å². The smallest absolute Gasteiger partial charge is 0.360 e. The predicted molar refractivity (Wildman–Crippen MR) is 109 cm³/mol. The number of para-hydroxylation sites is 1. The molecule has 0 unspecified atom stereocenters. The van der Waals surface area contributed by atoms with E-state index in [9.17, 15) is 10.1 Å². The van der Waals surface area contributed by atoms with Gasteiger partial charge >= 0.3 is 5.97 Å². The highest BCUT2D eigenvalue weighted by atomic mass is 16.5. The molecule has 0 spiro atoms. The van der Waals surface area contributed by atoms with E-state index in [1.807, 2.05) is 62.4 Å². The Morgan fingerprint density at radius 3 is 2.66 bits per heavy atom. The Hall–Kier alpha value is -3.85. The van der Waals surface area contributed by atoms with Crippen LogP contribution < -0.4 is 0 Å². The molecule has 0 aliphatic heterocycles. The molecule has 29 heavy (non-hydrogen) atoms. The molecule has 0 saturated heterocycles. The van der Waals surface area contributed by atoms with Crippen LogP contribution in [0.1, 0.15) is 34.1 Å². The highest BCUT2D eigenvalue weighted by Gasteiger charge is 2.29. The first kappa shape index (κ1) is 18.5. The lowest BCUT2D eigenvalue weighted by Gasteiger charge is -2.06. The standard InChI is InChI=1S/C23H19N3O3/c1-4-28-23(27)20-18(13-24)21(26(25-20)16-8-6-5-7-9-16)22-15(3)17-12-14(2)10-11-19(17)29-22/h5-12H,4H2,1-3H3. The van der Waals surface area contributed by atoms with E-state index in [0.29, 0.717) is 22.7 Å². The van der Waals surface area contributed by atoms with E-state index in [1.165, 1.54) is 0 Å². The zero-order valence-corrected chi connectivity index (χ0v) is 16.4. The third-order valence-electron chi connectivity index (χ3n) is 4.77. The van der Waals surface area contributed by atoms with Crippen LogP contribution in [-0.2, 0) is 4.74 Å². The van der Waals surface area contributed by atoms with Crippen LogP contribution in [0, 0.1) is 25.2 Å². The largest absolute Gasteiger partial charge is 0.461 e. The number of hydrogen-bond acceptors (Lipinski definition) is 5. The van der Waals surface area contributed by atoms with Crippen molar-refractivity contribution in [2.75, 3.05) is 6.61 Å². The van der Waals surface area contributed by atoms with Gasteiger partial charge in [-0.25, -0.2) is 9.48 Å². The van der Waals surface area contributed by atoms with E-state index in [0.717, 1.165) is 16.5 Å². The minimum absolute atomic E-state index is 0.0239. The van der Waals surface area contributed by atoms with Crippen LogP contribution in [0.3, 0.4) is 0 Å². The number of carbonyl (C=O) groups excluding carboxylic acids is 1. The van der Waals surface area contributed by atoms with Gasteiger partial charge in [0.05, 0.1) is 12.3 Å². The molecule has 6 nitrogen and oxygen atoms in total. The molecule has 2 aromatic carbocycles. The molecular weight excluding hydrogens is 366 g/mol. The number of hydrogen-bond donors (Lipinski definition) is 0. The molecule has 0 radical (unpaired) electrons. The van der Waals surface area contributed by atoms with Gasteiger partial charge < -0.3 is 9.15 Å². The Balaban J connectivity index is 2.05. The number of benzene rings is 2.